The van der Waals surface area contributed by atoms with Crippen LogP contribution in [-0.2, 0) is 0 Å². The van der Waals surface area contributed by atoms with Crippen molar-refractivity contribution in [2.75, 3.05) is 30.4 Å². The molecule has 0 spiro atoms. The van der Waals surface area contributed by atoms with Crippen LogP contribution in [0.15, 0.2) is 17.6 Å². The molecule has 0 aromatic carbocycles. The molecular weight excluding hydrogens is 290 g/mol. The summed E-state index contributed by atoms with van der Waals surface area (Å²) in [6, 6.07) is 0. The lowest BCUT2D eigenvalue weighted by Gasteiger charge is -2.07. The van der Waals surface area contributed by atoms with Gasteiger partial charge < -0.3 is 16.4 Å². The lowest BCUT2D eigenvalue weighted by atomic mass is 10.1. The Hall–Kier alpha value is -1.14. The molecule has 0 fully saturated rings. The van der Waals surface area contributed by atoms with E-state index in [0.29, 0.717) is 23.0 Å². The van der Waals surface area contributed by atoms with Gasteiger partial charge in [0.2, 0.25) is 0 Å². The predicted molar refractivity (Wildman–Crippen MR) is 91.0 cm³/mol. The minimum atomic E-state index is -0.139. The summed E-state index contributed by atoms with van der Waals surface area (Å²) in [6.45, 7) is 9.30. The number of anilines is 2. The Bertz CT molecular complexity index is 469. The number of hydrogen-bond acceptors (Lipinski definition) is 5. The smallest absolute Gasteiger partial charge is 0.263 e. The Kier molecular flexibility index (Phi) is 6.95. The minimum absolute atomic E-state index is 0.139. The molecule has 112 valence electrons. The van der Waals surface area contributed by atoms with Gasteiger partial charge in [0.15, 0.2) is 0 Å². The first-order chi connectivity index (χ1) is 9.51. The fourth-order valence-electron chi connectivity index (χ4n) is 1.64. The quantitative estimate of drug-likeness (QED) is 0.508. The highest BCUT2D eigenvalue weighted by atomic mass is 32.2. The summed E-state index contributed by atoms with van der Waals surface area (Å²) < 4.78 is 0. The molecule has 0 radical (unpaired) electrons. The standard InChI is InChI=1S/C14H23N3OS2/c1-5-7-16-13(18)11-10(15)12(19-4)14(20-11)17-8-6-9(2)3/h5,9,17H,1,6-8,15H2,2-4H3,(H,16,18). The van der Waals surface area contributed by atoms with Gasteiger partial charge in [-0.15, -0.1) is 29.7 Å². The van der Waals surface area contributed by atoms with Crippen LogP contribution in [-0.4, -0.2) is 25.3 Å². The van der Waals surface area contributed by atoms with Crippen LogP contribution < -0.4 is 16.4 Å². The van der Waals surface area contributed by atoms with Crippen LogP contribution in [0.1, 0.15) is 29.9 Å². The third kappa shape index (κ3) is 4.45. The lowest BCUT2D eigenvalue weighted by Crippen LogP contribution is -2.23. The molecule has 0 bridgehead atoms. The summed E-state index contributed by atoms with van der Waals surface area (Å²) >= 11 is 2.98. The van der Waals surface area contributed by atoms with E-state index in [1.807, 2.05) is 6.26 Å². The number of carbonyl (C=O) groups excluding carboxylic acids is 1. The van der Waals surface area contributed by atoms with Gasteiger partial charge in [-0.25, -0.2) is 0 Å². The molecule has 1 rings (SSSR count). The second-order valence-corrected chi connectivity index (χ2v) is 6.65. The molecule has 0 aliphatic carbocycles. The van der Waals surface area contributed by atoms with Gasteiger partial charge in [-0.05, 0) is 18.6 Å². The maximum Gasteiger partial charge on any atom is 0.263 e. The third-order valence-corrected chi connectivity index (χ3v) is 4.85. The Morgan fingerprint density at radius 1 is 1.55 bits per heavy atom. The van der Waals surface area contributed by atoms with Crippen molar-refractivity contribution in [2.45, 2.75) is 25.2 Å². The van der Waals surface area contributed by atoms with Crippen LogP contribution in [0.4, 0.5) is 10.7 Å². The first-order valence-corrected chi connectivity index (χ1v) is 8.64. The number of rotatable bonds is 8. The average Bonchev–Trinajstić information content (AvgIpc) is 2.72. The average molecular weight is 313 g/mol. The van der Waals surface area contributed by atoms with Gasteiger partial charge in [-0.1, -0.05) is 19.9 Å². The van der Waals surface area contributed by atoms with Gasteiger partial charge in [-0.3, -0.25) is 4.79 Å². The van der Waals surface area contributed by atoms with E-state index in [4.69, 9.17) is 5.73 Å². The SMILES string of the molecule is C=CCNC(=O)c1sc(NCCC(C)C)c(SC)c1N. The number of amides is 1. The summed E-state index contributed by atoms with van der Waals surface area (Å²) in [4.78, 5) is 13.6. The third-order valence-electron chi connectivity index (χ3n) is 2.72. The van der Waals surface area contributed by atoms with Gasteiger partial charge in [0.05, 0.1) is 10.6 Å². The minimum Gasteiger partial charge on any atom is -0.396 e. The molecule has 4 N–H and O–H groups in total. The van der Waals surface area contributed by atoms with Crippen molar-refractivity contribution in [3.05, 3.63) is 17.5 Å². The zero-order valence-electron chi connectivity index (χ0n) is 12.3. The van der Waals surface area contributed by atoms with Crippen molar-refractivity contribution in [1.29, 1.82) is 0 Å². The van der Waals surface area contributed by atoms with Gasteiger partial charge in [0.25, 0.3) is 5.91 Å². The molecule has 0 unspecified atom stereocenters. The predicted octanol–water partition coefficient (Wildman–Crippen LogP) is 3.43. The molecule has 6 heteroatoms. The summed E-state index contributed by atoms with van der Waals surface area (Å²) in [6.07, 6.45) is 4.71. The van der Waals surface area contributed by atoms with Crippen molar-refractivity contribution in [2.24, 2.45) is 5.92 Å². The Morgan fingerprint density at radius 2 is 2.25 bits per heavy atom. The van der Waals surface area contributed by atoms with Gasteiger partial charge in [0, 0.05) is 13.1 Å². The van der Waals surface area contributed by atoms with Gasteiger partial charge in [-0.2, -0.15) is 0 Å². The highest BCUT2D eigenvalue weighted by Gasteiger charge is 2.20. The number of nitrogen functional groups attached to an aromatic ring is 1. The summed E-state index contributed by atoms with van der Waals surface area (Å²) in [5.41, 5.74) is 6.65. The van der Waals surface area contributed by atoms with E-state index in [0.717, 1.165) is 22.9 Å². The Balaban J connectivity index is 2.84. The van der Waals surface area contributed by atoms with E-state index in [1.54, 1.807) is 17.8 Å². The van der Waals surface area contributed by atoms with Crippen molar-refractivity contribution in [3.8, 4) is 0 Å². The highest BCUT2D eigenvalue weighted by molar-refractivity contribution is 7.99. The van der Waals surface area contributed by atoms with E-state index in [1.165, 1.54) is 11.3 Å². The zero-order valence-corrected chi connectivity index (χ0v) is 13.9. The lowest BCUT2D eigenvalue weighted by molar-refractivity contribution is 0.0963. The van der Waals surface area contributed by atoms with Crippen molar-refractivity contribution >= 4 is 39.7 Å². The summed E-state index contributed by atoms with van der Waals surface area (Å²) in [5, 5.41) is 7.14. The fraction of sp³-hybridized carbons (Fsp3) is 0.500. The number of nitrogens with two attached hydrogens (primary N) is 1. The van der Waals surface area contributed by atoms with Gasteiger partial charge in [0.1, 0.15) is 9.88 Å². The molecular formula is C14H23N3OS2. The Morgan fingerprint density at radius 3 is 2.80 bits per heavy atom. The molecule has 4 nitrogen and oxygen atoms in total. The number of thioether (sulfide) groups is 1. The second kappa shape index (κ2) is 8.21. The number of carbonyl (C=O) groups is 1. The van der Waals surface area contributed by atoms with Crippen molar-refractivity contribution in [1.82, 2.24) is 5.32 Å². The number of hydrogen-bond donors (Lipinski definition) is 3. The van der Waals surface area contributed by atoms with E-state index in [9.17, 15) is 4.79 Å². The number of nitrogens with one attached hydrogen (secondary N) is 2. The van der Waals surface area contributed by atoms with E-state index < -0.39 is 0 Å². The molecule has 0 aliphatic heterocycles. The molecule has 0 saturated heterocycles. The van der Waals surface area contributed by atoms with E-state index in [2.05, 4.69) is 31.1 Å². The fourth-order valence-corrected chi connectivity index (χ4v) is 3.61. The normalized spacial score (nSPS) is 10.6. The maximum atomic E-state index is 12.0. The zero-order chi connectivity index (χ0) is 15.1. The van der Waals surface area contributed by atoms with Crippen LogP contribution in [0.3, 0.4) is 0 Å². The molecule has 20 heavy (non-hydrogen) atoms. The van der Waals surface area contributed by atoms with Crippen LogP contribution in [0.5, 0.6) is 0 Å². The van der Waals surface area contributed by atoms with Crippen molar-refractivity contribution in [3.63, 3.8) is 0 Å². The maximum absolute atomic E-state index is 12.0. The summed E-state index contributed by atoms with van der Waals surface area (Å²) in [5.74, 6) is 0.507. The molecule has 0 atom stereocenters. The molecule has 1 heterocycles. The van der Waals surface area contributed by atoms with Crippen LogP contribution >= 0.6 is 23.1 Å². The topological polar surface area (TPSA) is 67.2 Å². The largest absolute Gasteiger partial charge is 0.396 e. The first-order valence-electron chi connectivity index (χ1n) is 6.60. The molecule has 0 aliphatic rings. The molecule has 1 aromatic rings. The van der Waals surface area contributed by atoms with E-state index in [-0.39, 0.29) is 5.91 Å². The molecule has 1 aromatic heterocycles. The Labute approximate surface area is 129 Å². The van der Waals surface area contributed by atoms with E-state index >= 15 is 0 Å². The second-order valence-electron chi connectivity index (χ2n) is 4.82. The monoisotopic (exact) mass is 313 g/mol. The highest BCUT2D eigenvalue weighted by Crippen LogP contribution is 2.41. The molecule has 0 saturated carbocycles. The van der Waals surface area contributed by atoms with Crippen molar-refractivity contribution < 1.29 is 4.79 Å². The van der Waals surface area contributed by atoms with Gasteiger partial charge >= 0.3 is 0 Å². The molecule has 1 amide bonds. The first kappa shape index (κ1) is 16.9. The van der Waals surface area contributed by atoms with Crippen LogP contribution in [0.2, 0.25) is 0 Å². The number of thiophene rings is 1. The summed E-state index contributed by atoms with van der Waals surface area (Å²) in [7, 11) is 0. The van der Waals surface area contributed by atoms with Crippen LogP contribution in [0.25, 0.3) is 0 Å². The van der Waals surface area contributed by atoms with Crippen LogP contribution in [0, 0.1) is 5.92 Å².